The number of hydrogen-bond acceptors (Lipinski definition) is 1. The molecule has 1 aliphatic rings. The first-order chi connectivity index (χ1) is 6.20. The summed E-state index contributed by atoms with van der Waals surface area (Å²) in [6.07, 6.45) is 7.12. The van der Waals surface area contributed by atoms with Gasteiger partial charge in [-0.2, -0.15) is 0 Å². The van der Waals surface area contributed by atoms with Crippen molar-refractivity contribution in [3.63, 3.8) is 0 Å². The third-order valence-corrected chi connectivity index (χ3v) is 2.81. The zero-order valence-corrected chi connectivity index (χ0v) is 8.26. The summed E-state index contributed by atoms with van der Waals surface area (Å²) in [6, 6.07) is -0.0262. The van der Waals surface area contributed by atoms with Gasteiger partial charge in [0.15, 0.2) is 0 Å². The van der Waals surface area contributed by atoms with Crippen LogP contribution in [0.5, 0.6) is 0 Å². The van der Waals surface area contributed by atoms with E-state index in [0.29, 0.717) is 6.54 Å². The molecule has 0 aromatic rings. The van der Waals surface area contributed by atoms with Crippen LogP contribution in [-0.2, 0) is 0 Å². The first-order valence-electron chi connectivity index (χ1n) is 4.73. The lowest BCUT2D eigenvalue weighted by atomic mass is 9.92. The largest absolute Gasteiger partial charge is 0.336 e. The minimum Gasteiger partial charge on any atom is -0.336 e. The fourth-order valence-electron chi connectivity index (χ4n) is 1.79. The predicted molar refractivity (Wildman–Crippen MR) is 52.3 cm³/mol. The molecule has 3 heteroatoms. The Morgan fingerprint density at radius 2 is 2.23 bits per heavy atom. The second-order valence-electron chi connectivity index (χ2n) is 3.27. The molecule has 1 fully saturated rings. The van der Waals surface area contributed by atoms with Crippen LogP contribution in [0.25, 0.3) is 0 Å². The molecule has 0 aromatic heterocycles. The number of terminal acetylenes is 1. The summed E-state index contributed by atoms with van der Waals surface area (Å²) in [5, 5.41) is 2.77. The summed E-state index contributed by atoms with van der Waals surface area (Å²) in [6.45, 7) is 5.48. The van der Waals surface area contributed by atoms with Crippen molar-refractivity contribution in [2.24, 2.45) is 0 Å². The van der Waals surface area contributed by atoms with Gasteiger partial charge in [-0.1, -0.05) is 19.8 Å². The van der Waals surface area contributed by atoms with Crippen molar-refractivity contribution >= 4 is 6.03 Å². The molecule has 1 heterocycles. The van der Waals surface area contributed by atoms with Gasteiger partial charge in [0.05, 0.1) is 0 Å². The smallest absolute Gasteiger partial charge is 0.318 e. The molecule has 0 bridgehead atoms. The van der Waals surface area contributed by atoms with Gasteiger partial charge in [0, 0.05) is 13.1 Å². The summed E-state index contributed by atoms with van der Waals surface area (Å²) in [7, 11) is 0. The second-order valence-corrected chi connectivity index (χ2v) is 3.27. The predicted octanol–water partition coefficient (Wildman–Crippen LogP) is 1.20. The van der Waals surface area contributed by atoms with E-state index in [1.807, 2.05) is 13.8 Å². The molecule has 0 saturated carbocycles. The highest BCUT2D eigenvalue weighted by Gasteiger charge is 2.37. The van der Waals surface area contributed by atoms with Crippen molar-refractivity contribution in [1.82, 2.24) is 10.2 Å². The molecule has 0 spiro atoms. The Morgan fingerprint density at radius 1 is 1.62 bits per heavy atom. The van der Waals surface area contributed by atoms with E-state index in [2.05, 4.69) is 11.2 Å². The summed E-state index contributed by atoms with van der Waals surface area (Å²) >= 11 is 0. The molecular weight excluding hydrogens is 164 g/mol. The van der Waals surface area contributed by atoms with Crippen LogP contribution in [-0.4, -0.2) is 29.6 Å². The number of nitrogens with zero attached hydrogens (tertiary/aromatic N) is 1. The van der Waals surface area contributed by atoms with Crippen LogP contribution >= 0.6 is 0 Å². The highest BCUT2D eigenvalue weighted by Crippen LogP contribution is 2.24. The molecule has 1 N–H and O–H groups in total. The number of carbonyl (C=O) groups is 1. The normalized spacial score (nSPS) is 17.0. The van der Waals surface area contributed by atoms with Gasteiger partial charge >= 0.3 is 6.03 Å². The van der Waals surface area contributed by atoms with E-state index in [9.17, 15) is 4.79 Å². The van der Waals surface area contributed by atoms with Gasteiger partial charge in [-0.25, -0.2) is 4.79 Å². The minimum absolute atomic E-state index is 0.0262. The van der Waals surface area contributed by atoms with Crippen molar-refractivity contribution in [1.29, 1.82) is 0 Å². The van der Waals surface area contributed by atoms with Gasteiger partial charge < -0.3 is 10.2 Å². The Balaban J connectivity index is 2.87. The van der Waals surface area contributed by atoms with Gasteiger partial charge in [-0.15, -0.1) is 6.42 Å². The van der Waals surface area contributed by atoms with E-state index in [1.165, 1.54) is 0 Å². The Morgan fingerprint density at radius 3 is 2.54 bits per heavy atom. The average molecular weight is 180 g/mol. The molecular formula is C10H16N2O. The third kappa shape index (κ3) is 1.49. The number of nitrogens with one attached hydrogen (secondary N) is 1. The van der Waals surface area contributed by atoms with Gasteiger partial charge in [0.2, 0.25) is 0 Å². The topological polar surface area (TPSA) is 32.3 Å². The Hall–Kier alpha value is -1.17. The average Bonchev–Trinajstić information content (AvgIpc) is 2.57. The van der Waals surface area contributed by atoms with Gasteiger partial charge in [0.25, 0.3) is 0 Å². The standard InChI is InChI=1S/C10H16N2O/c1-4-10(5-2,6-3)12-8-7-11-9(12)13/h1H,5-8H2,2-3H3,(H,11,13). The maximum atomic E-state index is 11.4. The Bertz CT molecular complexity index is 238. The number of amides is 2. The van der Waals surface area contributed by atoms with Crippen LogP contribution in [0, 0.1) is 12.3 Å². The summed E-state index contributed by atoms with van der Waals surface area (Å²) in [5.41, 5.74) is -0.374. The Kier molecular flexibility index (Phi) is 2.82. The highest BCUT2D eigenvalue weighted by molar-refractivity contribution is 5.77. The maximum absolute atomic E-state index is 11.4. The zero-order valence-electron chi connectivity index (χ0n) is 8.26. The molecule has 1 aliphatic heterocycles. The molecule has 1 rings (SSSR count). The zero-order chi connectivity index (χ0) is 9.90. The van der Waals surface area contributed by atoms with Crippen LogP contribution in [0.15, 0.2) is 0 Å². The van der Waals surface area contributed by atoms with Crippen LogP contribution < -0.4 is 5.32 Å². The summed E-state index contributed by atoms with van der Waals surface area (Å²) < 4.78 is 0. The van der Waals surface area contributed by atoms with E-state index < -0.39 is 0 Å². The summed E-state index contributed by atoms with van der Waals surface area (Å²) in [5.74, 6) is 2.75. The minimum atomic E-state index is -0.374. The van der Waals surface area contributed by atoms with Crippen molar-refractivity contribution in [3.05, 3.63) is 0 Å². The molecule has 2 amide bonds. The van der Waals surface area contributed by atoms with Gasteiger partial charge in [0.1, 0.15) is 5.54 Å². The van der Waals surface area contributed by atoms with Crippen molar-refractivity contribution in [2.75, 3.05) is 13.1 Å². The van der Waals surface area contributed by atoms with Crippen molar-refractivity contribution in [3.8, 4) is 12.3 Å². The van der Waals surface area contributed by atoms with Gasteiger partial charge in [-0.3, -0.25) is 0 Å². The van der Waals surface area contributed by atoms with Crippen LogP contribution in [0.4, 0.5) is 4.79 Å². The fraction of sp³-hybridized carbons (Fsp3) is 0.700. The third-order valence-electron chi connectivity index (χ3n) is 2.81. The first-order valence-corrected chi connectivity index (χ1v) is 4.73. The second kappa shape index (κ2) is 3.69. The van der Waals surface area contributed by atoms with Crippen LogP contribution in [0.1, 0.15) is 26.7 Å². The van der Waals surface area contributed by atoms with E-state index in [0.717, 1.165) is 19.4 Å². The maximum Gasteiger partial charge on any atom is 0.318 e. The lowest BCUT2D eigenvalue weighted by Gasteiger charge is -2.35. The molecule has 0 aliphatic carbocycles. The molecule has 1 saturated heterocycles. The molecule has 13 heavy (non-hydrogen) atoms. The molecule has 3 nitrogen and oxygen atoms in total. The van der Waals surface area contributed by atoms with E-state index in [-0.39, 0.29) is 11.6 Å². The van der Waals surface area contributed by atoms with Crippen LogP contribution in [0.2, 0.25) is 0 Å². The Labute approximate surface area is 79.5 Å². The lowest BCUT2D eigenvalue weighted by molar-refractivity contribution is 0.165. The SMILES string of the molecule is C#CC(CC)(CC)N1CCNC1=O. The first kappa shape index (κ1) is 9.91. The van der Waals surface area contributed by atoms with E-state index in [4.69, 9.17) is 6.42 Å². The molecule has 0 unspecified atom stereocenters. The quantitative estimate of drug-likeness (QED) is 0.650. The van der Waals surface area contributed by atoms with E-state index in [1.54, 1.807) is 4.90 Å². The number of carbonyl (C=O) groups excluding carboxylic acids is 1. The van der Waals surface area contributed by atoms with Crippen molar-refractivity contribution < 1.29 is 4.79 Å². The number of hydrogen-bond donors (Lipinski definition) is 1. The van der Waals surface area contributed by atoms with Crippen molar-refractivity contribution in [2.45, 2.75) is 32.2 Å². The monoisotopic (exact) mass is 180 g/mol. The van der Waals surface area contributed by atoms with E-state index >= 15 is 0 Å². The number of rotatable bonds is 3. The fourth-order valence-corrected chi connectivity index (χ4v) is 1.79. The molecule has 0 radical (unpaired) electrons. The lowest BCUT2D eigenvalue weighted by Crippen LogP contribution is -2.48. The molecule has 0 aromatic carbocycles. The van der Waals surface area contributed by atoms with Gasteiger partial charge in [-0.05, 0) is 12.8 Å². The summed E-state index contributed by atoms with van der Waals surface area (Å²) in [4.78, 5) is 13.2. The number of urea groups is 1. The molecule has 0 atom stereocenters. The highest BCUT2D eigenvalue weighted by atomic mass is 16.2. The molecule has 72 valence electrons. The van der Waals surface area contributed by atoms with Crippen LogP contribution in [0.3, 0.4) is 0 Å².